The molecule has 0 amide bonds. The molecule has 1 fully saturated rings. The minimum absolute atomic E-state index is 0.604. The van der Waals surface area contributed by atoms with Crippen molar-refractivity contribution in [3.8, 4) is 0 Å². The molecule has 1 aliphatic heterocycles. The second-order valence-electron chi connectivity index (χ2n) is 4.24. The van der Waals surface area contributed by atoms with Crippen molar-refractivity contribution in [3.05, 3.63) is 0 Å². The molecule has 0 bridgehead atoms. The van der Waals surface area contributed by atoms with Crippen LogP contribution in [0.4, 0.5) is 0 Å². The molecule has 1 N–H and O–H groups in total. The lowest BCUT2D eigenvalue weighted by Crippen LogP contribution is -2.43. The van der Waals surface area contributed by atoms with Crippen molar-refractivity contribution in [2.24, 2.45) is 0 Å². The van der Waals surface area contributed by atoms with Crippen molar-refractivity contribution in [1.82, 2.24) is 5.32 Å². The summed E-state index contributed by atoms with van der Waals surface area (Å²) < 4.78 is 21.4. The Morgan fingerprint density at radius 3 is 2.24 bits per heavy atom. The summed E-state index contributed by atoms with van der Waals surface area (Å²) in [7, 11) is 2.60. The molecule has 0 spiro atoms. The van der Waals surface area contributed by atoms with Gasteiger partial charge in [0.15, 0.2) is 0 Å². The molecule has 0 radical (unpaired) electrons. The first-order chi connectivity index (χ1) is 8.26. The topological polar surface area (TPSA) is 49.0 Å². The molecule has 0 saturated carbocycles. The third kappa shape index (κ3) is 5.03. The van der Waals surface area contributed by atoms with Crippen LogP contribution in [0.15, 0.2) is 0 Å². The van der Waals surface area contributed by atoms with Gasteiger partial charge in [-0.3, -0.25) is 0 Å². The molecule has 5 nitrogen and oxygen atoms in total. The van der Waals surface area contributed by atoms with Crippen LogP contribution in [-0.2, 0) is 18.0 Å². The number of rotatable bonds is 8. The maximum atomic E-state index is 5.37. The predicted octanol–water partition coefficient (Wildman–Crippen LogP) is 1.02. The van der Waals surface area contributed by atoms with Gasteiger partial charge in [0.2, 0.25) is 0 Å². The zero-order valence-corrected chi connectivity index (χ0v) is 12.2. The average molecular weight is 263 g/mol. The van der Waals surface area contributed by atoms with E-state index in [1.165, 1.54) is 0 Å². The van der Waals surface area contributed by atoms with Crippen LogP contribution in [0.3, 0.4) is 0 Å². The molecule has 1 rings (SSSR count). The minimum atomic E-state index is -2.37. The Balaban J connectivity index is 2.13. The van der Waals surface area contributed by atoms with Crippen molar-refractivity contribution in [2.45, 2.75) is 31.3 Å². The summed E-state index contributed by atoms with van der Waals surface area (Å²) in [6.45, 7) is 2.74. The number of hydrogen-bond donors (Lipinski definition) is 1. The average Bonchev–Trinajstić information content (AvgIpc) is 2.41. The Morgan fingerprint density at radius 2 is 1.71 bits per heavy atom. The summed E-state index contributed by atoms with van der Waals surface area (Å²) in [6, 6.07) is 1.46. The second kappa shape index (κ2) is 8.18. The second-order valence-corrected chi connectivity index (χ2v) is 7.33. The van der Waals surface area contributed by atoms with E-state index in [-0.39, 0.29) is 0 Å². The third-order valence-electron chi connectivity index (χ3n) is 3.25. The third-order valence-corrected chi connectivity index (χ3v) is 6.08. The summed E-state index contributed by atoms with van der Waals surface area (Å²) in [6.07, 6.45) is 3.24. The lowest BCUT2D eigenvalue weighted by molar-refractivity contribution is 0.0778. The SMILES string of the molecule is CO[Si](CCCNC1CCOCC1)(OC)OC. The zero-order valence-electron chi connectivity index (χ0n) is 11.2. The van der Waals surface area contributed by atoms with Crippen LogP contribution in [0.1, 0.15) is 19.3 Å². The largest absolute Gasteiger partial charge is 0.500 e. The summed E-state index contributed by atoms with van der Waals surface area (Å²) >= 11 is 0. The molecule has 0 aromatic heterocycles. The quantitative estimate of drug-likeness (QED) is 0.523. The van der Waals surface area contributed by atoms with E-state index in [0.717, 1.165) is 45.1 Å². The van der Waals surface area contributed by atoms with Crippen molar-refractivity contribution in [1.29, 1.82) is 0 Å². The van der Waals surface area contributed by atoms with Crippen LogP contribution in [0.5, 0.6) is 0 Å². The molecule has 0 aromatic carbocycles. The van der Waals surface area contributed by atoms with E-state index in [1.807, 2.05) is 0 Å². The van der Waals surface area contributed by atoms with Gasteiger partial charge in [-0.1, -0.05) is 0 Å². The van der Waals surface area contributed by atoms with E-state index in [0.29, 0.717) is 6.04 Å². The van der Waals surface area contributed by atoms with Gasteiger partial charge in [-0.2, -0.15) is 0 Å². The van der Waals surface area contributed by atoms with Gasteiger partial charge >= 0.3 is 8.80 Å². The van der Waals surface area contributed by atoms with Crippen LogP contribution < -0.4 is 5.32 Å². The van der Waals surface area contributed by atoms with E-state index < -0.39 is 8.80 Å². The van der Waals surface area contributed by atoms with Crippen molar-refractivity contribution >= 4 is 8.80 Å². The fourth-order valence-electron chi connectivity index (χ4n) is 2.07. The molecule has 1 saturated heterocycles. The van der Waals surface area contributed by atoms with Crippen LogP contribution in [0.25, 0.3) is 0 Å². The van der Waals surface area contributed by atoms with Crippen LogP contribution in [0.2, 0.25) is 6.04 Å². The fraction of sp³-hybridized carbons (Fsp3) is 1.00. The van der Waals surface area contributed by atoms with E-state index in [4.69, 9.17) is 18.0 Å². The first kappa shape index (κ1) is 15.1. The highest BCUT2D eigenvalue weighted by Crippen LogP contribution is 2.14. The highest BCUT2D eigenvalue weighted by molar-refractivity contribution is 6.60. The van der Waals surface area contributed by atoms with Gasteiger partial charge in [-0.25, -0.2) is 0 Å². The Kier molecular flexibility index (Phi) is 7.25. The summed E-state index contributed by atoms with van der Waals surface area (Å²) in [5, 5.41) is 3.54. The van der Waals surface area contributed by atoms with Gasteiger partial charge in [0.05, 0.1) is 0 Å². The zero-order chi connectivity index (χ0) is 12.6. The van der Waals surface area contributed by atoms with E-state index in [9.17, 15) is 0 Å². The maximum absolute atomic E-state index is 5.37. The predicted molar refractivity (Wildman–Crippen MR) is 68.0 cm³/mol. The van der Waals surface area contributed by atoms with Gasteiger partial charge in [0.25, 0.3) is 0 Å². The monoisotopic (exact) mass is 263 g/mol. The Bertz CT molecular complexity index is 188. The van der Waals surface area contributed by atoms with Crippen molar-refractivity contribution < 1.29 is 18.0 Å². The molecule has 0 aromatic rings. The number of hydrogen-bond acceptors (Lipinski definition) is 5. The van der Waals surface area contributed by atoms with Crippen LogP contribution in [0, 0.1) is 0 Å². The molecule has 0 atom stereocenters. The number of nitrogens with one attached hydrogen (secondary N) is 1. The van der Waals surface area contributed by atoms with Crippen molar-refractivity contribution in [3.63, 3.8) is 0 Å². The van der Waals surface area contributed by atoms with Gasteiger partial charge < -0.3 is 23.3 Å². The molecule has 1 heterocycles. The minimum Gasteiger partial charge on any atom is -0.381 e. The smallest absolute Gasteiger partial charge is 0.381 e. The van der Waals surface area contributed by atoms with Gasteiger partial charge in [-0.15, -0.1) is 0 Å². The molecule has 17 heavy (non-hydrogen) atoms. The van der Waals surface area contributed by atoms with Crippen LogP contribution >= 0.6 is 0 Å². The first-order valence-corrected chi connectivity index (χ1v) is 8.16. The van der Waals surface area contributed by atoms with Gasteiger partial charge in [-0.05, 0) is 25.8 Å². The summed E-state index contributed by atoms with van der Waals surface area (Å²) in [5.41, 5.74) is 0. The molecule has 1 aliphatic rings. The van der Waals surface area contributed by atoms with Gasteiger partial charge in [0.1, 0.15) is 0 Å². The highest BCUT2D eigenvalue weighted by Gasteiger charge is 2.36. The molecule has 102 valence electrons. The highest BCUT2D eigenvalue weighted by atomic mass is 28.4. The Hall–Kier alpha value is 0.0169. The van der Waals surface area contributed by atoms with Crippen LogP contribution in [-0.4, -0.2) is 55.9 Å². The lowest BCUT2D eigenvalue weighted by Gasteiger charge is -2.26. The summed E-state index contributed by atoms with van der Waals surface area (Å²) in [4.78, 5) is 0. The molecule has 0 unspecified atom stereocenters. The molecular formula is C11H25NO4Si. The Morgan fingerprint density at radius 1 is 1.12 bits per heavy atom. The normalized spacial score (nSPS) is 18.5. The van der Waals surface area contributed by atoms with E-state index >= 15 is 0 Å². The molecule has 0 aliphatic carbocycles. The van der Waals surface area contributed by atoms with Gasteiger partial charge in [0, 0.05) is 46.6 Å². The summed E-state index contributed by atoms with van der Waals surface area (Å²) in [5.74, 6) is 0. The van der Waals surface area contributed by atoms with E-state index in [1.54, 1.807) is 21.3 Å². The lowest BCUT2D eigenvalue weighted by atomic mass is 10.1. The first-order valence-electron chi connectivity index (χ1n) is 6.23. The fourth-order valence-corrected chi connectivity index (χ4v) is 3.79. The standard InChI is InChI=1S/C11H25NO4Si/c1-13-17(14-2,15-3)10-4-7-12-11-5-8-16-9-6-11/h11-12H,4-10H2,1-3H3. The van der Waals surface area contributed by atoms with E-state index in [2.05, 4.69) is 5.32 Å². The Labute approximate surface area is 105 Å². The number of ether oxygens (including phenoxy) is 1. The maximum Gasteiger partial charge on any atom is 0.500 e. The molecular weight excluding hydrogens is 238 g/mol. The molecule has 6 heteroatoms. The van der Waals surface area contributed by atoms with Crippen molar-refractivity contribution in [2.75, 3.05) is 41.1 Å².